The first kappa shape index (κ1) is 17.5. The maximum absolute atomic E-state index is 11.9. The Balaban J connectivity index is 1.92. The summed E-state index contributed by atoms with van der Waals surface area (Å²) in [5.74, 6) is 0.110. The molecule has 1 amide bonds. The summed E-state index contributed by atoms with van der Waals surface area (Å²) < 4.78 is 6.24. The number of halogens is 2. The van der Waals surface area contributed by atoms with Gasteiger partial charge in [0.25, 0.3) is 5.91 Å². The van der Waals surface area contributed by atoms with Crippen molar-refractivity contribution in [3.8, 4) is 5.75 Å². The molecule has 6 heteroatoms. The molecule has 0 spiro atoms. The van der Waals surface area contributed by atoms with Gasteiger partial charge in [-0.25, -0.2) is 5.43 Å². The molecule has 23 heavy (non-hydrogen) atoms. The summed E-state index contributed by atoms with van der Waals surface area (Å²) >= 11 is 9.34. The molecule has 0 radical (unpaired) electrons. The summed E-state index contributed by atoms with van der Waals surface area (Å²) in [5.41, 5.74) is 4.29. The lowest BCUT2D eigenvalue weighted by Gasteiger charge is -2.08. The Hall–Kier alpha value is -1.85. The predicted octanol–water partition coefficient (Wildman–Crippen LogP) is 4.41. The van der Waals surface area contributed by atoms with Gasteiger partial charge in [0.1, 0.15) is 5.75 Å². The van der Waals surface area contributed by atoms with Gasteiger partial charge in [-0.05, 0) is 30.2 Å². The van der Waals surface area contributed by atoms with Crippen molar-refractivity contribution in [2.45, 2.75) is 13.3 Å². The average Bonchev–Trinajstić information content (AvgIpc) is 2.55. The summed E-state index contributed by atoms with van der Waals surface area (Å²) in [7, 11) is 0. The van der Waals surface area contributed by atoms with Gasteiger partial charge in [0.2, 0.25) is 0 Å². The number of ether oxygens (including phenoxy) is 1. The number of hydrazone groups is 1. The van der Waals surface area contributed by atoms with Crippen LogP contribution in [0.3, 0.4) is 0 Å². The molecule has 2 aromatic rings. The molecule has 0 aromatic heterocycles. The summed E-state index contributed by atoms with van der Waals surface area (Å²) in [6.45, 7) is 1.83. The third-order valence-corrected chi connectivity index (χ3v) is 3.80. The van der Waals surface area contributed by atoms with Gasteiger partial charge in [0.15, 0.2) is 6.61 Å². The van der Waals surface area contributed by atoms with Gasteiger partial charge in [-0.2, -0.15) is 5.10 Å². The molecule has 2 rings (SSSR count). The molecule has 4 nitrogen and oxygen atoms in total. The Morgan fingerprint density at radius 3 is 2.65 bits per heavy atom. The quantitative estimate of drug-likeness (QED) is 0.582. The average molecular weight is 396 g/mol. The van der Waals surface area contributed by atoms with Crippen molar-refractivity contribution in [1.82, 2.24) is 5.43 Å². The molecule has 0 fully saturated rings. The summed E-state index contributed by atoms with van der Waals surface area (Å²) in [4.78, 5) is 11.9. The van der Waals surface area contributed by atoms with E-state index in [1.807, 2.05) is 37.3 Å². The number of hydrogen-bond donors (Lipinski definition) is 1. The van der Waals surface area contributed by atoms with Crippen LogP contribution in [0.25, 0.3) is 0 Å². The summed E-state index contributed by atoms with van der Waals surface area (Å²) in [5, 5.41) is 4.60. The summed E-state index contributed by atoms with van der Waals surface area (Å²) in [6, 6.07) is 14.9. The highest BCUT2D eigenvalue weighted by Gasteiger charge is 2.07. The van der Waals surface area contributed by atoms with E-state index in [1.54, 1.807) is 18.2 Å². The second-order valence-electron chi connectivity index (χ2n) is 4.68. The number of nitrogens with one attached hydrogen (secondary N) is 1. The predicted molar refractivity (Wildman–Crippen MR) is 96.1 cm³/mol. The molecule has 1 N–H and O–H groups in total. The minimum absolute atomic E-state index is 0.156. The van der Waals surface area contributed by atoms with Crippen molar-refractivity contribution in [3.63, 3.8) is 0 Å². The van der Waals surface area contributed by atoms with Crippen molar-refractivity contribution in [3.05, 3.63) is 63.6 Å². The zero-order valence-electron chi connectivity index (χ0n) is 12.6. The van der Waals surface area contributed by atoms with Gasteiger partial charge >= 0.3 is 0 Å². The summed E-state index contributed by atoms with van der Waals surface area (Å²) in [6.07, 6.45) is 0.712. The van der Waals surface area contributed by atoms with E-state index in [2.05, 4.69) is 26.5 Å². The number of benzene rings is 2. The van der Waals surface area contributed by atoms with Crippen LogP contribution in [-0.4, -0.2) is 18.2 Å². The first-order valence-corrected chi connectivity index (χ1v) is 8.26. The lowest BCUT2D eigenvalue weighted by atomic mass is 10.1. The zero-order valence-corrected chi connectivity index (χ0v) is 14.9. The molecule has 0 saturated carbocycles. The van der Waals surface area contributed by atoms with Crippen molar-refractivity contribution in [2.75, 3.05) is 6.61 Å². The van der Waals surface area contributed by atoms with Crippen LogP contribution in [0.2, 0.25) is 5.02 Å². The molecule has 0 saturated heterocycles. The first-order valence-electron chi connectivity index (χ1n) is 7.09. The van der Waals surface area contributed by atoms with Crippen molar-refractivity contribution < 1.29 is 9.53 Å². The van der Waals surface area contributed by atoms with Crippen LogP contribution in [0.1, 0.15) is 18.9 Å². The molecule has 0 aliphatic heterocycles. The lowest BCUT2D eigenvalue weighted by Crippen LogP contribution is -2.26. The van der Waals surface area contributed by atoms with Crippen molar-refractivity contribution >= 4 is 39.1 Å². The normalized spacial score (nSPS) is 11.2. The minimum Gasteiger partial charge on any atom is -0.482 e. The first-order chi connectivity index (χ1) is 11.1. The highest BCUT2D eigenvalue weighted by molar-refractivity contribution is 9.10. The van der Waals surface area contributed by atoms with Gasteiger partial charge < -0.3 is 4.74 Å². The molecule has 0 atom stereocenters. The van der Waals surface area contributed by atoms with Gasteiger partial charge in [0, 0.05) is 4.47 Å². The fourth-order valence-electron chi connectivity index (χ4n) is 1.88. The van der Waals surface area contributed by atoms with E-state index >= 15 is 0 Å². The highest BCUT2D eigenvalue weighted by Crippen LogP contribution is 2.27. The Morgan fingerprint density at radius 1 is 1.26 bits per heavy atom. The standard InChI is InChI=1S/C17H16BrClN2O2/c1-2-15(12-6-4-3-5-7-12)20-21-17(22)11-23-16-9-8-13(18)10-14(16)19/h3-10H,2,11H2,1H3,(H,21,22)/b20-15-. The van der Waals surface area contributed by atoms with Crippen molar-refractivity contribution in [2.24, 2.45) is 5.10 Å². The lowest BCUT2D eigenvalue weighted by molar-refractivity contribution is -0.123. The topological polar surface area (TPSA) is 50.7 Å². The Kier molecular flexibility index (Phi) is 6.62. The largest absolute Gasteiger partial charge is 0.482 e. The minimum atomic E-state index is -0.342. The van der Waals surface area contributed by atoms with E-state index < -0.39 is 0 Å². The monoisotopic (exact) mass is 394 g/mol. The second-order valence-corrected chi connectivity index (χ2v) is 6.00. The number of carbonyl (C=O) groups excluding carboxylic acids is 1. The molecule has 120 valence electrons. The number of nitrogens with zero attached hydrogens (tertiary/aromatic N) is 1. The van der Waals surface area contributed by atoms with Gasteiger partial charge in [-0.3, -0.25) is 4.79 Å². The maximum Gasteiger partial charge on any atom is 0.277 e. The number of amides is 1. The third-order valence-electron chi connectivity index (χ3n) is 3.01. The van der Waals surface area contributed by atoms with E-state index in [0.717, 1.165) is 15.7 Å². The van der Waals surface area contributed by atoms with Crippen LogP contribution >= 0.6 is 27.5 Å². The molecule has 0 aliphatic carbocycles. The Morgan fingerprint density at radius 2 is 2.00 bits per heavy atom. The second kappa shape index (κ2) is 8.70. The van der Waals surface area contributed by atoms with Gasteiger partial charge in [0.05, 0.1) is 10.7 Å². The molecule has 0 unspecified atom stereocenters. The molecule has 0 bridgehead atoms. The Labute approximate surface area is 148 Å². The van der Waals surface area contributed by atoms with E-state index in [0.29, 0.717) is 17.2 Å². The van der Waals surface area contributed by atoms with E-state index in [9.17, 15) is 4.79 Å². The molecular formula is C17H16BrClN2O2. The fraction of sp³-hybridized carbons (Fsp3) is 0.176. The Bertz CT molecular complexity index is 705. The van der Waals surface area contributed by atoms with Crippen LogP contribution in [0.5, 0.6) is 5.75 Å². The van der Waals surface area contributed by atoms with Crippen LogP contribution in [0.4, 0.5) is 0 Å². The van der Waals surface area contributed by atoms with Crippen LogP contribution < -0.4 is 10.2 Å². The number of rotatable bonds is 6. The van der Waals surface area contributed by atoms with Gasteiger partial charge in [-0.15, -0.1) is 0 Å². The highest BCUT2D eigenvalue weighted by atomic mass is 79.9. The van der Waals surface area contributed by atoms with E-state index in [4.69, 9.17) is 16.3 Å². The molecular weight excluding hydrogens is 380 g/mol. The molecule has 0 heterocycles. The third kappa shape index (κ3) is 5.37. The van der Waals surface area contributed by atoms with E-state index in [-0.39, 0.29) is 12.5 Å². The molecule has 2 aromatic carbocycles. The zero-order chi connectivity index (χ0) is 16.7. The fourth-order valence-corrected chi connectivity index (χ4v) is 2.60. The van der Waals surface area contributed by atoms with E-state index in [1.165, 1.54) is 0 Å². The molecule has 0 aliphatic rings. The smallest absolute Gasteiger partial charge is 0.277 e. The SMILES string of the molecule is CC/C(=N/NC(=O)COc1ccc(Br)cc1Cl)c1ccccc1. The van der Waals surface area contributed by atoms with Crippen LogP contribution in [0, 0.1) is 0 Å². The van der Waals surface area contributed by atoms with Gasteiger partial charge in [-0.1, -0.05) is 64.8 Å². The van der Waals surface area contributed by atoms with Crippen LogP contribution in [0.15, 0.2) is 58.1 Å². The van der Waals surface area contributed by atoms with Crippen LogP contribution in [-0.2, 0) is 4.79 Å². The number of carbonyl (C=O) groups is 1. The van der Waals surface area contributed by atoms with Crippen molar-refractivity contribution in [1.29, 1.82) is 0 Å². The maximum atomic E-state index is 11.9. The number of hydrogen-bond acceptors (Lipinski definition) is 3.